The molecule has 1 amide bonds. The highest BCUT2D eigenvalue weighted by Crippen LogP contribution is 2.41. The van der Waals surface area contributed by atoms with E-state index in [1.165, 1.54) is 4.90 Å². The summed E-state index contributed by atoms with van der Waals surface area (Å²) >= 11 is 0. The fourth-order valence-corrected chi connectivity index (χ4v) is 3.75. The van der Waals surface area contributed by atoms with E-state index in [0.29, 0.717) is 23.6 Å². The molecular weight excluding hydrogens is 356 g/mol. The minimum atomic E-state index is -0.728. The van der Waals surface area contributed by atoms with Crippen LogP contribution in [0.15, 0.2) is 52.6 Å². The topological polar surface area (TPSA) is 86.5 Å². The summed E-state index contributed by atoms with van der Waals surface area (Å²) in [7, 11) is 0. The lowest BCUT2D eigenvalue weighted by atomic mass is 9.99. The summed E-state index contributed by atoms with van der Waals surface area (Å²) in [5, 5.41) is 11.9. The zero-order valence-corrected chi connectivity index (χ0v) is 15.9. The second-order valence-electron chi connectivity index (χ2n) is 7.04. The molecule has 6 heteroatoms. The molecule has 28 heavy (non-hydrogen) atoms. The largest absolute Gasteiger partial charge is 0.507 e. The Balaban J connectivity index is 1.90. The first kappa shape index (κ1) is 18.1. The fraction of sp³-hybridized carbons (Fsp3) is 0.273. The van der Waals surface area contributed by atoms with Gasteiger partial charge in [0.25, 0.3) is 11.7 Å². The summed E-state index contributed by atoms with van der Waals surface area (Å²) in [6.45, 7) is 4.26. The Bertz CT molecular complexity index is 1090. The highest BCUT2D eigenvalue weighted by Gasteiger charge is 2.47. The Morgan fingerprint density at radius 1 is 1.21 bits per heavy atom. The van der Waals surface area contributed by atoms with Crippen LogP contribution in [0.2, 0.25) is 0 Å². The number of benzene rings is 1. The van der Waals surface area contributed by atoms with Gasteiger partial charge in [0.15, 0.2) is 0 Å². The van der Waals surface area contributed by atoms with Gasteiger partial charge in [-0.3, -0.25) is 9.59 Å². The molecule has 1 aliphatic rings. The van der Waals surface area contributed by atoms with Crippen molar-refractivity contribution in [2.75, 3.05) is 6.54 Å². The first-order valence-corrected chi connectivity index (χ1v) is 9.44. The van der Waals surface area contributed by atoms with E-state index in [0.717, 1.165) is 23.7 Å². The van der Waals surface area contributed by atoms with Crippen LogP contribution >= 0.6 is 0 Å². The van der Waals surface area contributed by atoms with E-state index in [1.54, 1.807) is 25.3 Å². The highest BCUT2D eigenvalue weighted by atomic mass is 16.3. The van der Waals surface area contributed by atoms with E-state index in [4.69, 9.17) is 4.42 Å². The number of aromatic amines is 1. The van der Waals surface area contributed by atoms with Crippen LogP contribution in [0.5, 0.6) is 0 Å². The number of aromatic nitrogens is 1. The van der Waals surface area contributed by atoms with Crippen molar-refractivity contribution >= 4 is 28.4 Å². The van der Waals surface area contributed by atoms with Crippen molar-refractivity contribution < 1.29 is 19.1 Å². The van der Waals surface area contributed by atoms with Gasteiger partial charge in [-0.15, -0.1) is 0 Å². The quantitative estimate of drug-likeness (QED) is 0.394. The van der Waals surface area contributed by atoms with Crippen molar-refractivity contribution in [3.63, 3.8) is 0 Å². The number of hydrogen-bond donors (Lipinski definition) is 2. The minimum absolute atomic E-state index is 0.0696. The number of nitrogens with one attached hydrogen (secondary N) is 1. The summed E-state index contributed by atoms with van der Waals surface area (Å²) in [5.74, 6) is -0.307. The van der Waals surface area contributed by atoms with Crippen molar-refractivity contribution in [1.29, 1.82) is 0 Å². The van der Waals surface area contributed by atoms with Gasteiger partial charge in [0, 0.05) is 29.2 Å². The Labute approximate surface area is 162 Å². The zero-order valence-electron chi connectivity index (χ0n) is 15.9. The van der Waals surface area contributed by atoms with Crippen LogP contribution in [-0.4, -0.2) is 33.2 Å². The van der Waals surface area contributed by atoms with Gasteiger partial charge in [0.2, 0.25) is 0 Å². The van der Waals surface area contributed by atoms with Crippen LogP contribution in [0.25, 0.3) is 16.7 Å². The van der Waals surface area contributed by atoms with Gasteiger partial charge >= 0.3 is 0 Å². The molecule has 0 spiro atoms. The van der Waals surface area contributed by atoms with Crippen molar-refractivity contribution in [3.8, 4) is 0 Å². The lowest BCUT2D eigenvalue weighted by Gasteiger charge is -2.23. The Kier molecular flexibility index (Phi) is 4.55. The van der Waals surface area contributed by atoms with Gasteiger partial charge in [0.1, 0.15) is 23.3 Å². The molecule has 0 bridgehead atoms. The molecule has 3 aromatic rings. The molecule has 1 saturated heterocycles. The summed E-state index contributed by atoms with van der Waals surface area (Å²) < 4.78 is 5.76. The number of H-pyrrole nitrogens is 1. The molecule has 4 rings (SSSR count). The van der Waals surface area contributed by atoms with Crippen LogP contribution in [0.4, 0.5) is 0 Å². The monoisotopic (exact) mass is 378 g/mol. The number of amides is 1. The molecule has 0 aliphatic carbocycles. The molecule has 3 heterocycles. The maximum atomic E-state index is 12.9. The molecule has 1 unspecified atom stereocenters. The number of aliphatic hydroxyl groups is 1. The van der Waals surface area contributed by atoms with Gasteiger partial charge in [0.05, 0.1) is 5.57 Å². The molecule has 144 valence electrons. The predicted octanol–water partition coefficient (Wildman–Crippen LogP) is 4.29. The SMILES string of the molecule is CCCCN1C(=O)C(=O)/C(=C(\O)c2c[nH]c3ccccc23)C1c1ccc(C)o1. The molecule has 1 aliphatic heterocycles. The third-order valence-corrected chi connectivity index (χ3v) is 5.17. The van der Waals surface area contributed by atoms with E-state index in [-0.39, 0.29) is 11.3 Å². The van der Waals surface area contributed by atoms with Crippen LogP contribution in [0.3, 0.4) is 0 Å². The molecule has 1 atom stereocenters. The van der Waals surface area contributed by atoms with Gasteiger partial charge in [-0.2, -0.15) is 0 Å². The number of ketones is 1. The maximum Gasteiger partial charge on any atom is 0.295 e. The molecule has 0 radical (unpaired) electrons. The van der Waals surface area contributed by atoms with Crippen molar-refractivity contribution in [3.05, 3.63) is 65.3 Å². The first-order chi connectivity index (χ1) is 13.5. The third-order valence-electron chi connectivity index (χ3n) is 5.17. The van der Waals surface area contributed by atoms with E-state index < -0.39 is 17.7 Å². The Morgan fingerprint density at radius 2 is 2.00 bits per heavy atom. The second kappa shape index (κ2) is 7.03. The molecule has 0 saturated carbocycles. The van der Waals surface area contributed by atoms with Gasteiger partial charge in [-0.05, 0) is 31.5 Å². The highest BCUT2D eigenvalue weighted by molar-refractivity contribution is 6.46. The fourth-order valence-electron chi connectivity index (χ4n) is 3.75. The summed E-state index contributed by atoms with van der Waals surface area (Å²) in [6, 6.07) is 10.3. The predicted molar refractivity (Wildman–Crippen MR) is 106 cm³/mol. The normalized spacial score (nSPS) is 19.1. The van der Waals surface area contributed by atoms with E-state index >= 15 is 0 Å². The molecule has 2 N–H and O–H groups in total. The number of hydrogen-bond acceptors (Lipinski definition) is 4. The average molecular weight is 378 g/mol. The average Bonchev–Trinajstić information content (AvgIpc) is 3.37. The molecule has 1 fully saturated rings. The number of para-hydroxylation sites is 1. The van der Waals surface area contributed by atoms with Crippen LogP contribution < -0.4 is 0 Å². The summed E-state index contributed by atoms with van der Waals surface area (Å²) in [4.78, 5) is 30.2. The number of aliphatic hydroxyl groups excluding tert-OH is 1. The summed E-state index contributed by atoms with van der Waals surface area (Å²) in [6.07, 6.45) is 3.30. The molecule has 6 nitrogen and oxygen atoms in total. The standard InChI is InChI=1S/C22H22N2O4/c1-3-4-11-24-19(17-10-9-13(2)28-17)18(21(26)22(24)27)20(25)15-12-23-16-8-6-5-7-14(15)16/h5-10,12,19,23,25H,3-4,11H2,1-2H3/b20-18-. The number of carbonyl (C=O) groups excluding carboxylic acids is 2. The Morgan fingerprint density at radius 3 is 2.71 bits per heavy atom. The number of fused-ring (bicyclic) bond motifs is 1. The van der Waals surface area contributed by atoms with Crippen LogP contribution in [0.1, 0.15) is 42.9 Å². The number of Topliss-reactive ketones (excluding diaryl/α,β-unsaturated/α-hetero) is 1. The number of furan rings is 1. The number of likely N-dealkylation sites (tertiary alicyclic amines) is 1. The maximum absolute atomic E-state index is 12.9. The van der Waals surface area contributed by atoms with Crippen LogP contribution in [-0.2, 0) is 9.59 Å². The molecule has 2 aromatic heterocycles. The minimum Gasteiger partial charge on any atom is -0.507 e. The van der Waals surface area contributed by atoms with Gasteiger partial charge < -0.3 is 19.4 Å². The second-order valence-corrected chi connectivity index (χ2v) is 7.04. The number of rotatable bonds is 5. The number of aryl methyl sites for hydroxylation is 1. The van der Waals surface area contributed by atoms with E-state index in [1.807, 2.05) is 31.2 Å². The zero-order chi connectivity index (χ0) is 19.8. The lowest BCUT2D eigenvalue weighted by Crippen LogP contribution is -2.30. The lowest BCUT2D eigenvalue weighted by molar-refractivity contribution is -0.140. The summed E-state index contributed by atoms with van der Waals surface area (Å²) in [5.41, 5.74) is 1.41. The van der Waals surface area contributed by atoms with Crippen molar-refractivity contribution in [1.82, 2.24) is 9.88 Å². The van der Waals surface area contributed by atoms with Gasteiger partial charge in [-0.1, -0.05) is 31.5 Å². The number of unbranched alkanes of at least 4 members (excludes halogenated alkanes) is 1. The van der Waals surface area contributed by atoms with Crippen molar-refractivity contribution in [2.24, 2.45) is 0 Å². The smallest absolute Gasteiger partial charge is 0.295 e. The number of carbonyl (C=O) groups is 2. The molecular formula is C22H22N2O4. The van der Waals surface area contributed by atoms with E-state index in [9.17, 15) is 14.7 Å². The number of nitrogens with zero attached hydrogens (tertiary/aromatic N) is 1. The molecule has 1 aromatic carbocycles. The third kappa shape index (κ3) is 2.81. The first-order valence-electron chi connectivity index (χ1n) is 9.44. The van der Waals surface area contributed by atoms with Gasteiger partial charge in [-0.25, -0.2) is 0 Å². The Hall–Kier alpha value is -3.28. The van der Waals surface area contributed by atoms with Crippen molar-refractivity contribution in [2.45, 2.75) is 32.7 Å². The van der Waals surface area contributed by atoms with E-state index in [2.05, 4.69) is 4.98 Å². The van der Waals surface area contributed by atoms with Crippen LogP contribution in [0, 0.1) is 6.92 Å².